The van der Waals surface area contributed by atoms with Gasteiger partial charge in [0.2, 0.25) is 0 Å². The molecule has 2 aliphatic carbocycles. The van der Waals surface area contributed by atoms with Crippen molar-refractivity contribution in [3.63, 3.8) is 0 Å². The van der Waals surface area contributed by atoms with Gasteiger partial charge in [0.05, 0.1) is 11.1 Å². The zero-order valence-corrected chi connectivity index (χ0v) is 31.1. The van der Waals surface area contributed by atoms with E-state index in [9.17, 15) is 0 Å². The quantitative estimate of drug-likeness (QED) is 0.176. The molecule has 0 radical (unpaired) electrons. The van der Waals surface area contributed by atoms with Gasteiger partial charge < -0.3 is 9.32 Å². The second-order valence-corrected chi connectivity index (χ2v) is 15.2. The molecule has 1 heterocycles. The fourth-order valence-electron chi connectivity index (χ4n) is 9.96. The highest BCUT2D eigenvalue weighted by atomic mass is 16.3. The van der Waals surface area contributed by atoms with Crippen LogP contribution in [0.5, 0.6) is 0 Å². The minimum Gasteiger partial charge on any atom is -0.456 e. The molecular weight excluding hydrogens is 691 g/mol. The molecule has 57 heavy (non-hydrogen) atoms. The number of fused-ring (bicyclic) bond motifs is 14. The zero-order chi connectivity index (χ0) is 37.5. The number of nitrogens with zero attached hydrogens (tertiary/aromatic N) is 1. The molecule has 1 aromatic heterocycles. The summed E-state index contributed by atoms with van der Waals surface area (Å²) in [6, 6.07) is 77.3. The maximum atomic E-state index is 6.61. The molecule has 0 aliphatic heterocycles. The van der Waals surface area contributed by atoms with Crippen LogP contribution in [0.25, 0.3) is 66.4 Å². The molecule has 1 atom stereocenters. The monoisotopic (exact) mass is 725 g/mol. The van der Waals surface area contributed by atoms with Crippen LogP contribution in [-0.4, -0.2) is 0 Å². The predicted octanol–water partition coefficient (Wildman–Crippen LogP) is 14.7. The molecule has 0 fully saturated rings. The van der Waals surface area contributed by atoms with Crippen LogP contribution in [0, 0.1) is 0 Å². The molecule has 9 aromatic carbocycles. The number of rotatable bonds is 5. The van der Waals surface area contributed by atoms with Crippen LogP contribution in [-0.2, 0) is 5.41 Å². The summed E-state index contributed by atoms with van der Waals surface area (Å²) in [4.78, 5) is 2.45. The lowest BCUT2D eigenvalue weighted by atomic mass is 9.69. The Labute approximate surface area is 331 Å². The van der Waals surface area contributed by atoms with E-state index >= 15 is 0 Å². The predicted molar refractivity (Wildman–Crippen MR) is 236 cm³/mol. The SMILES string of the molecule is c1ccc(-c2ccc(N(c3ccc(-c4ccccc4)cc3)c3cccc4c3-c3ccccc3C43c4ccccc4-c4ccc5oc6ccccc6c5c43)cc2)cc1. The largest absolute Gasteiger partial charge is 0.456 e. The molecule has 0 bridgehead atoms. The van der Waals surface area contributed by atoms with Crippen molar-refractivity contribution < 1.29 is 4.42 Å². The van der Waals surface area contributed by atoms with E-state index in [1.807, 2.05) is 0 Å². The third-order valence-electron chi connectivity index (χ3n) is 12.3. The van der Waals surface area contributed by atoms with Crippen molar-refractivity contribution in [2.45, 2.75) is 5.41 Å². The first-order valence-corrected chi connectivity index (χ1v) is 19.7. The number of para-hydroxylation sites is 1. The highest BCUT2D eigenvalue weighted by molar-refractivity contribution is 6.14. The lowest BCUT2D eigenvalue weighted by molar-refractivity contribution is 0.668. The molecule has 1 unspecified atom stereocenters. The Balaban J connectivity index is 1.14. The summed E-state index contributed by atoms with van der Waals surface area (Å²) in [5, 5.41) is 2.34. The second-order valence-electron chi connectivity index (χ2n) is 15.2. The number of hydrogen-bond acceptors (Lipinski definition) is 2. The van der Waals surface area contributed by atoms with Crippen LogP contribution in [0.1, 0.15) is 22.3 Å². The fraction of sp³-hybridized carbons (Fsp3) is 0.0182. The van der Waals surface area contributed by atoms with Gasteiger partial charge in [0, 0.05) is 27.7 Å². The molecule has 1 spiro atoms. The Morgan fingerprint density at radius 2 is 0.877 bits per heavy atom. The lowest BCUT2D eigenvalue weighted by Crippen LogP contribution is -2.26. The van der Waals surface area contributed by atoms with Crippen molar-refractivity contribution in [3.8, 4) is 44.5 Å². The van der Waals surface area contributed by atoms with Crippen LogP contribution < -0.4 is 4.90 Å². The maximum Gasteiger partial charge on any atom is 0.135 e. The van der Waals surface area contributed by atoms with E-state index in [0.717, 1.165) is 33.6 Å². The highest BCUT2D eigenvalue weighted by Crippen LogP contribution is 2.66. The van der Waals surface area contributed by atoms with Gasteiger partial charge in [-0.15, -0.1) is 0 Å². The second kappa shape index (κ2) is 12.3. The van der Waals surface area contributed by atoms with Crippen molar-refractivity contribution in [2.75, 3.05) is 4.90 Å². The van der Waals surface area contributed by atoms with Gasteiger partial charge in [-0.1, -0.05) is 170 Å². The van der Waals surface area contributed by atoms with Gasteiger partial charge in [-0.2, -0.15) is 0 Å². The first-order valence-electron chi connectivity index (χ1n) is 19.7. The third kappa shape index (κ3) is 4.53. The van der Waals surface area contributed by atoms with Gasteiger partial charge in [-0.05, 0) is 104 Å². The molecule has 0 saturated heterocycles. The van der Waals surface area contributed by atoms with Crippen molar-refractivity contribution in [2.24, 2.45) is 0 Å². The molecule has 0 saturated carbocycles. The van der Waals surface area contributed by atoms with E-state index in [-0.39, 0.29) is 0 Å². The average molecular weight is 726 g/mol. The molecule has 0 amide bonds. The van der Waals surface area contributed by atoms with Gasteiger partial charge in [-0.25, -0.2) is 0 Å². The fourth-order valence-corrected chi connectivity index (χ4v) is 9.96. The average Bonchev–Trinajstić information content (AvgIpc) is 3.92. The molecule has 2 aliphatic rings. The normalized spacial score (nSPS) is 14.7. The summed E-state index contributed by atoms with van der Waals surface area (Å²) < 4.78 is 6.61. The van der Waals surface area contributed by atoms with Crippen molar-refractivity contribution in [3.05, 3.63) is 235 Å². The number of benzene rings is 9. The van der Waals surface area contributed by atoms with Crippen LogP contribution in [0.4, 0.5) is 17.1 Å². The van der Waals surface area contributed by atoms with E-state index in [1.165, 1.54) is 72.1 Å². The zero-order valence-electron chi connectivity index (χ0n) is 31.1. The Morgan fingerprint density at radius 3 is 1.54 bits per heavy atom. The molecule has 10 aromatic rings. The van der Waals surface area contributed by atoms with Crippen molar-refractivity contribution in [1.29, 1.82) is 0 Å². The summed E-state index contributed by atoms with van der Waals surface area (Å²) >= 11 is 0. The summed E-state index contributed by atoms with van der Waals surface area (Å²) in [6.07, 6.45) is 0. The molecule has 12 rings (SSSR count). The standard InChI is InChI=1S/C55H35NO/c1-3-14-36(15-4-1)38-26-30-40(31-27-38)56(41-32-28-39(29-33-41)37-16-5-2-6-17-37)49-24-13-23-48-52(49)44-19-8-11-22-47(44)55(48)46-21-10-7-18-42(46)43-34-35-51-53(54(43)55)45-20-9-12-25-50(45)57-51/h1-35H. The summed E-state index contributed by atoms with van der Waals surface area (Å²) in [7, 11) is 0. The van der Waals surface area contributed by atoms with Crippen LogP contribution in [0.15, 0.2) is 217 Å². The summed E-state index contributed by atoms with van der Waals surface area (Å²) in [6.45, 7) is 0. The maximum absolute atomic E-state index is 6.61. The van der Waals surface area contributed by atoms with Crippen molar-refractivity contribution >= 4 is 39.0 Å². The number of anilines is 3. The molecule has 2 nitrogen and oxygen atoms in total. The molecule has 266 valence electrons. The minimum atomic E-state index is -0.556. The minimum absolute atomic E-state index is 0.556. The lowest BCUT2D eigenvalue weighted by Gasteiger charge is -2.32. The van der Waals surface area contributed by atoms with E-state index in [2.05, 4.69) is 217 Å². The number of hydrogen-bond donors (Lipinski definition) is 0. The van der Waals surface area contributed by atoms with Crippen LogP contribution >= 0.6 is 0 Å². The first kappa shape index (κ1) is 31.9. The Bertz CT molecular complexity index is 3080. The van der Waals surface area contributed by atoms with E-state index in [0.29, 0.717) is 0 Å². The highest BCUT2D eigenvalue weighted by Gasteiger charge is 2.53. The van der Waals surface area contributed by atoms with E-state index in [4.69, 9.17) is 4.42 Å². The van der Waals surface area contributed by atoms with Gasteiger partial charge in [0.15, 0.2) is 0 Å². The molecule has 2 heteroatoms. The molecular formula is C55H35NO. The van der Waals surface area contributed by atoms with E-state index < -0.39 is 5.41 Å². The van der Waals surface area contributed by atoms with Gasteiger partial charge in [-0.3, -0.25) is 0 Å². The molecule has 0 N–H and O–H groups in total. The Morgan fingerprint density at radius 1 is 0.351 bits per heavy atom. The van der Waals surface area contributed by atoms with Gasteiger partial charge in [0.1, 0.15) is 11.2 Å². The summed E-state index contributed by atoms with van der Waals surface area (Å²) in [5.74, 6) is 0. The van der Waals surface area contributed by atoms with Crippen LogP contribution in [0.2, 0.25) is 0 Å². The van der Waals surface area contributed by atoms with Crippen molar-refractivity contribution in [1.82, 2.24) is 0 Å². The first-order chi connectivity index (χ1) is 28.3. The van der Waals surface area contributed by atoms with Gasteiger partial charge >= 0.3 is 0 Å². The topological polar surface area (TPSA) is 16.4 Å². The van der Waals surface area contributed by atoms with Crippen LogP contribution in [0.3, 0.4) is 0 Å². The van der Waals surface area contributed by atoms with Gasteiger partial charge in [0.25, 0.3) is 0 Å². The smallest absolute Gasteiger partial charge is 0.135 e. The summed E-state index contributed by atoms with van der Waals surface area (Å²) in [5.41, 5.74) is 19.7. The third-order valence-corrected chi connectivity index (χ3v) is 12.3. The van der Waals surface area contributed by atoms with E-state index in [1.54, 1.807) is 0 Å². The Kier molecular flexibility index (Phi) is 6.88. The number of furan rings is 1. The Hall–Kier alpha value is -7.42.